The number of benzene rings is 2. The minimum Gasteiger partial charge on any atom is -0.489 e. The molecule has 2 aromatic carbocycles. The number of rotatable bonds is 11. The summed E-state index contributed by atoms with van der Waals surface area (Å²) >= 11 is 6.51. The van der Waals surface area contributed by atoms with Gasteiger partial charge in [0.05, 0.1) is 10.7 Å². The second-order valence-electron chi connectivity index (χ2n) is 13.6. The number of aliphatic carboxylic acids is 1. The second-order valence-corrected chi connectivity index (χ2v) is 14.0. The molecule has 3 N–H and O–H groups in total. The van der Waals surface area contributed by atoms with Gasteiger partial charge in [0.15, 0.2) is 0 Å². The highest BCUT2D eigenvalue weighted by molar-refractivity contribution is 6.32. The molecule has 1 aromatic heterocycles. The number of ether oxygens (including phenoxy) is 1. The Morgan fingerprint density at radius 1 is 1.09 bits per heavy atom. The zero-order valence-electron chi connectivity index (χ0n) is 27.4. The van der Waals surface area contributed by atoms with E-state index in [1.165, 1.54) is 0 Å². The van der Waals surface area contributed by atoms with Crippen molar-refractivity contribution in [2.45, 2.75) is 64.5 Å². The van der Waals surface area contributed by atoms with Gasteiger partial charge in [-0.1, -0.05) is 62.2 Å². The SMILES string of the molecule is CCC1CC2CC(C)C(NC(=O)c3ccc(-c4ccccc4C)c(-c4ccc(Cl)c(OC[C@H](O)CN(C)C)c4)n3)(C(=O)O)C(C1)C2. The van der Waals surface area contributed by atoms with Crippen molar-refractivity contribution in [3.63, 3.8) is 0 Å². The number of nitrogens with zero attached hydrogens (tertiary/aromatic N) is 2. The van der Waals surface area contributed by atoms with Gasteiger partial charge < -0.3 is 25.2 Å². The second kappa shape index (κ2) is 14.1. The van der Waals surface area contributed by atoms with E-state index in [9.17, 15) is 19.8 Å². The minimum absolute atomic E-state index is 0.0538. The fraction of sp³-hybridized carbons (Fsp3) is 0.486. The number of aromatic nitrogens is 1. The molecule has 46 heavy (non-hydrogen) atoms. The van der Waals surface area contributed by atoms with E-state index in [2.05, 4.69) is 12.2 Å². The number of aryl methyl sites for hydroxylation is 1. The van der Waals surface area contributed by atoms with Gasteiger partial charge in [-0.3, -0.25) is 4.79 Å². The van der Waals surface area contributed by atoms with Crippen LogP contribution in [0.1, 0.15) is 62.0 Å². The molecule has 2 saturated carbocycles. The Labute approximate surface area is 277 Å². The first-order valence-electron chi connectivity index (χ1n) is 16.3. The molecule has 6 atom stereocenters. The molecule has 9 heteroatoms. The highest BCUT2D eigenvalue weighted by Crippen LogP contribution is 2.51. The Bertz CT molecular complexity index is 1580. The van der Waals surface area contributed by atoms with E-state index in [4.69, 9.17) is 21.3 Å². The van der Waals surface area contributed by atoms with Crippen LogP contribution in [0, 0.1) is 30.6 Å². The molecule has 8 nitrogen and oxygen atoms in total. The minimum atomic E-state index is -1.35. The summed E-state index contributed by atoms with van der Waals surface area (Å²) in [6.07, 6.45) is 3.83. The van der Waals surface area contributed by atoms with Crippen LogP contribution in [-0.2, 0) is 4.79 Å². The monoisotopic (exact) mass is 647 g/mol. The summed E-state index contributed by atoms with van der Waals surface area (Å²) in [5.41, 5.74) is 2.82. The molecule has 2 bridgehead atoms. The quantitative estimate of drug-likeness (QED) is 0.212. The lowest BCUT2D eigenvalue weighted by atomic mass is 9.56. The van der Waals surface area contributed by atoms with Crippen LogP contribution >= 0.6 is 11.6 Å². The number of carboxylic acids is 1. The number of nitrogens with one attached hydrogen (secondary N) is 1. The Hall–Kier alpha value is -3.46. The van der Waals surface area contributed by atoms with E-state index in [0.29, 0.717) is 40.4 Å². The van der Waals surface area contributed by atoms with Gasteiger partial charge in [-0.05, 0) is 106 Å². The third-order valence-corrected chi connectivity index (χ3v) is 10.3. The lowest BCUT2D eigenvalue weighted by molar-refractivity contribution is -0.155. The molecule has 2 fully saturated rings. The number of carboxylic acid groups (broad SMARTS) is 1. The van der Waals surface area contributed by atoms with Crippen molar-refractivity contribution in [1.82, 2.24) is 15.2 Å². The molecule has 1 amide bonds. The maximum absolute atomic E-state index is 14.1. The summed E-state index contributed by atoms with van der Waals surface area (Å²) in [6.45, 7) is 6.63. The van der Waals surface area contributed by atoms with Gasteiger partial charge >= 0.3 is 5.97 Å². The number of carbonyl (C=O) groups is 2. The highest BCUT2D eigenvalue weighted by atomic mass is 35.5. The van der Waals surface area contributed by atoms with Crippen LogP contribution in [0.3, 0.4) is 0 Å². The number of carbonyl (C=O) groups excluding carboxylic acids is 1. The summed E-state index contributed by atoms with van der Waals surface area (Å²) in [5, 5.41) is 24.5. The maximum Gasteiger partial charge on any atom is 0.329 e. The van der Waals surface area contributed by atoms with Crippen LogP contribution in [0.25, 0.3) is 22.4 Å². The van der Waals surface area contributed by atoms with Crippen molar-refractivity contribution in [3.05, 3.63) is 70.9 Å². The van der Waals surface area contributed by atoms with Crippen molar-refractivity contribution >= 4 is 23.5 Å². The summed E-state index contributed by atoms with van der Waals surface area (Å²) in [5.74, 6) is -0.460. The van der Waals surface area contributed by atoms with E-state index in [1.54, 1.807) is 18.2 Å². The molecular weight excluding hydrogens is 602 g/mol. The van der Waals surface area contributed by atoms with Crippen LogP contribution in [-0.4, -0.2) is 70.9 Å². The molecule has 3 aromatic rings. The summed E-state index contributed by atoms with van der Waals surface area (Å²) < 4.78 is 5.94. The van der Waals surface area contributed by atoms with E-state index in [-0.39, 0.29) is 24.1 Å². The average molecular weight is 648 g/mol. The Morgan fingerprint density at radius 3 is 2.54 bits per heavy atom. The third kappa shape index (κ3) is 6.94. The zero-order chi connectivity index (χ0) is 33.2. The fourth-order valence-electron chi connectivity index (χ4n) is 7.79. The van der Waals surface area contributed by atoms with Crippen molar-refractivity contribution in [3.8, 4) is 28.1 Å². The number of likely N-dealkylation sites (N-methyl/N-ethyl adjacent to an activating group) is 1. The Morgan fingerprint density at radius 2 is 1.85 bits per heavy atom. The predicted molar refractivity (Wildman–Crippen MR) is 181 cm³/mol. The molecule has 0 saturated heterocycles. The molecule has 0 aliphatic heterocycles. The summed E-state index contributed by atoms with van der Waals surface area (Å²) in [4.78, 5) is 33.9. The number of aliphatic hydroxyl groups is 1. The summed E-state index contributed by atoms with van der Waals surface area (Å²) in [7, 11) is 3.75. The normalized spacial score (nSPS) is 24.8. The molecule has 246 valence electrons. The molecule has 0 radical (unpaired) electrons. The van der Waals surface area contributed by atoms with Crippen molar-refractivity contribution < 1.29 is 24.5 Å². The highest BCUT2D eigenvalue weighted by Gasteiger charge is 2.57. The number of fused-ring (bicyclic) bond motifs is 2. The van der Waals surface area contributed by atoms with Crippen molar-refractivity contribution in [1.29, 1.82) is 0 Å². The van der Waals surface area contributed by atoms with Crippen LogP contribution in [0.15, 0.2) is 54.6 Å². The van der Waals surface area contributed by atoms with Gasteiger partial charge in [0.2, 0.25) is 0 Å². The van der Waals surface area contributed by atoms with Crippen LogP contribution in [0.5, 0.6) is 5.75 Å². The first-order valence-corrected chi connectivity index (χ1v) is 16.7. The smallest absolute Gasteiger partial charge is 0.329 e. The van der Waals surface area contributed by atoms with Crippen molar-refractivity contribution in [2.75, 3.05) is 27.2 Å². The van der Waals surface area contributed by atoms with Crippen molar-refractivity contribution in [2.24, 2.45) is 23.7 Å². The van der Waals surface area contributed by atoms with Gasteiger partial charge in [0.1, 0.15) is 29.7 Å². The first kappa shape index (κ1) is 33.9. The molecule has 0 spiro atoms. The lowest BCUT2D eigenvalue weighted by Crippen LogP contribution is -2.66. The van der Waals surface area contributed by atoms with Crippen LogP contribution in [0.2, 0.25) is 5.02 Å². The van der Waals surface area contributed by atoms with Gasteiger partial charge in [-0.15, -0.1) is 0 Å². The molecule has 2 aliphatic rings. The topological polar surface area (TPSA) is 112 Å². The molecule has 2 aliphatic carbocycles. The molecule has 5 rings (SSSR count). The Balaban J connectivity index is 1.53. The molecule has 5 unspecified atom stereocenters. The van der Waals surface area contributed by atoms with E-state index in [0.717, 1.165) is 48.8 Å². The standard InChI is InChI=1S/C37H46ClN3O5/c1-6-24-16-25-15-23(3)37(36(44)45,27(17-24)18-25)40-35(43)32-14-12-30(29-10-8-7-9-22(29)2)34(39-32)26-11-13-31(38)33(19-26)46-21-28(42)20-41(4)5/h7-14,19,23-25,27-28,42H,6,15-18,20-21H2,1-5H3,(H,40,43)(H,44,45)/t23?,24?,25?,27?,28-,37?/m1/s1. The van der Waals surface area contributed by atoms with Gasteiger partial charge in [-0.25, -0.2) is 9.78 Å². The van der Waals surface area contributed by atoms with Crippen LogP contribution < -0.4 is 10.1 Å². The van der Waals surface area contributed by atoms with E-state index < -0.39 is 23.5 Å². The molecular formula is C37H46ClN3O5. The van der Waals surface area contributed by atoms with E-state index in [1.807, 2.05) is 69.2 Å². The number of pyridine rings is 1. The number of halogens is 1. The lowest BCUT2D eigenvalue weighted by Gasteiger charge is -2.52. The Kier molecular flexibility index (Phi) is 10.4. The maximum atomic E-state index is 14.1. The van der Waals surface area contributed by atoms with E-state index >= 15 is 0 Å². The van der Waals surface area contributed by atoms with Gasteiger partial charge in [0.25, 0.3) is 5.91 Å². The zero-order valence-corrected chi connectivity index (χ0v) is 28.2. The fourth-order valence-corrected chi connectivity index (χ4v) is 7.96. The largest absolute Gasteiger partial charge is 0.489 e. The number of amides is 1. The predicted octanol–water partition coefficient (Wildman–Crippen LogP) is 6.71. The summed E-state index contributed by atoms with van der Waals surface area (Å²) in [6, 6.07) is 16.8. The number of hydrogen-bond acceptors (Lipinski definition) is 6. The molecule has 1 heterocycles. The first-order chi connectivity index (χ1) is 21.9. The average Bonchev–Trinajstić information content (AvgIpc) is 3.02. The van der Waals surface area contributed by atoms with Crippen LogP contribution in [0.4, 0.5) is 0 Å². The third-order valence-electron chi connectivity index (χ3n) is 10.0. The van der Waals surface area contributed by atoms with Gasteiger partial charge in [-0.2, -0.15) is 0 Å². The number of aliphatic hydroxyl groups excluding tert-OH is 1. The number of hydrogen-bond donors (Lipinski definition) is 3. The van der Waals surface area contributed by atoms with Gasteiger partial charge in [0, 0.05) is 17.7 Å².